The molecule has 1 aromatic heterocycles. The van der Waals surface area contributed by atoms with E-state index in [0.717, 1.165) is 18.2 Å². The Labute approximate surface area is 114 Å². The van der Waals surface area contributed by atoms with Gasteiger partial charge in [-0.1, -0.05) is 20.8 Å². The quantitative estimate of drug-likeness (QED) is 0.886. The van der Waals surface area contributed by atoms with E-state index < -0.39 is 23.0 Å². The molecule has 106 valence electrons. The lowest BCUT2D eigenvalue weighted by Gasteiger charge is -2.16. The van der Waals surface area contributed by atoms with Crippen molar-refractivity contribution in [1.82, 2.24) is 9.97 Å². The molecule has 0 bridgehead atoms. The third-order valence-electron chi connectivity index (χ3n) is 2.84. The molecule has 6 heteroatoms. The molecule has 0 saturated carbocycles. The van der Waals surface area contributed by atoms with E-state index >= 15 is 0 Å². The molecule has 0 atom stereocenters. The molecule has 0 aliphatic carbocycles. The number of benzene rings is 1. The van der Waals surface area contributed by atoms with Crippen LogP contribution in [0.5, 0.6) is 0 Å². The van der Waals surface area contributed by atoms with Crippen LogP contribution < -0.4 is 0 Å². The first-order valence-electron chi connectivity index (χ1n) is 5.99. The molecule has 2 N–H and O–H groups in total. The zero-order chi connectivity index (χ0) is 15.1. The van der Waals surface area contributed by atoms with Gasteiger partial charge in [0.2, 0.25) is 0 Å². The lowest BCUT2D eigenvalue weighted by Crippen LogP contribution is -2.16. The van der Waals surface area contributed by atoms with Gasteiger partial charge in [-0.2, -0.15) is 0 Å². The van der Waals surface area contributed by atoms with E-state index in [1.807, 2.05) is 0 Å². The largest absolute Gasteiger partial charge is 0.476 e. The van der Waals surface area contributed by atoms with Gasteiger partial charge >= 0.3 is 5.97 Å². The fourth-order valence-corrected chi connectivity index (χ4v) is 1.88. The number of nitrogens with zero attached hydrogens (tertiary/aromatic N) is 1. The van der Waals surface area contributed by atoms with Gasteiger partial charge in [0.25, 0.3) is 0 Å². The molecule has 20 heavy (non-hydrogen) atoms. The number of aromatic amines is 1. The Morgan fingerprint density at radius 1 is 1.30 bits per heavy atom. The van der Waals surface area contributed by atoms with Crippen LogP contribution in [0.4, 0.5) is 8.78 Å². The Kier molecular flexibility index (Phi) is 3.33. The second-order valence-corrected chi connectivity index (χ2v) is 5.49. The van der Waals surface area contributed by atoms with Crippen molar-refractivity contribution in [2.75, 3.05) is 0 Å². The van der Waals surface area contributed by atoms with Crippen LogP contribution in [0.2, 0.25) is 0 Å². The predicted octanol–water partition coefficient (Wildman–Crippen LogP) is 3.35. The van der Waals surface area contributed by atoms with Crippen LogP contribution in [0.3, 0.4) is 0 Å². The van der Waals surface area contributed by atoms with Gasteiger partial charge in [-0.15, -0.1) is 0 Å². The predicted molar refractivity (Wildman–Crippen MR) is 69.6 cm³/mol. The van der Waals surface area contributed by atoms with Gasteiger partial charge in [0.05, 0.1) is 11.3 Å². The van der Waals surface area contributed by atoms with Gasteiger partial charge in [-0.05, 0) is 18.2 Å². The van der Waals surface area contributed by atoms with Gasteiger partial charge in [0.1, 0.15) is 17.5 Å². The number of hydrogen-bond donors (Lipinski definition) is 2. The zero-order valence-electron chi connectivity index (χ0n) is 11.3. The highest BCUT2D eigenvalue weighted by Gasteiger charge is 2.27. The molecule has 0 amide bonds. The minimum Gasteiger partial charge on any atom is -0.476 e. The molecule has 0 aliphatic rings. The van der Waals surface area contributed by atoms with Crippen molar-refractivity contribution in [3.05, 3.63) is 41.2 Å². The molecule has 0 fully saturated rings. The third-order valence-corrected chi connectivity index (χ3v) is 2.84. The average molecular weight is 280 g/mol. The summed E-state index contributed by atoms with van der Waals surface area (Å²) >= 11 is 0. The third kappa shape index (κ3) is 2.54. The number of aromatic nitrogens is 2. The number of hydrogen-bond acceptors (Lipinski definition) is 2. The van der Waals surface area contributed by atoms with Crippen molar-refractivity contribution in [2.45, 2.75) is 26.2 Å². The van der Waals surface area contributed by atoms with E-state index in [0.29, 0.717) is 5.69 Å². The van der Waals surface area contributed by atoms with Gasteiger partial charge in [0.15, 0.2) is 5.69 Å². The summed E-state index contributed by atoms with van der Waals surface area (Å²) in [6.07, 6.45) is 0. The summed E-state index contributed by atoms with van der Waals surface area (Å²) in [5.74, 6) is -2.50. The minimum absolute atomic E-state index is 0.00400. The van der Waals surface area contributed by atoms with Crippen molar-refractivity contribution in [3.8, 4) is 11.4 Å². The summed E-state index contributed by atoms with van der Waals surface area (Å²) in [6, 6.07) is 2.95. The monoisotopic (exact) mass is 280 g/mol. The fourth-order valence-electron chi connectivity index (χ4n) is 1.88. The van der Waals surface area contributed by atoms with Crippen LogP contribution in [-0.2, 0) is 5.41 Å². The maximum Gasteiger partial charge on any atom is 0.356 e. The maximum atomic E-state index is 13.7. The molecule has 0 unspecified atom stereocenters. The van der Waals surface area contributed by atoms with E-state index in [-0.39, 0.29) is 17.1 Å². The molecule has 0 spiro atoms. The first-order chi connectivity index (χ1) is 9.20. The van der Waals surface area contributed by atoms with Crippen LogP contribution in [0.15, 0.2) is 18.2 Å². The number of carboxylic acid groups (broad SMARTS) is 1. The molecule has 2 rings (SSSR count). The summed E-state index contributed by atoms with van der Waals surface area (Å²) in [7, 11) is 0. The summed E-state index contributed by atoms with van der Waals surface area (Å²) in [4.78, 5) is 17.9. The Morgan fingerprint density at radius 2 is 1.95 bits per heavy atom. The van der Waals surface area contributed by atoms with E-state index in [9.17, 15) is 13.6 Å². The first-order valence-corrected chi connectivity index (χ1v) is 5.99. The van der Waals surface area contributed by atoms with Crippen LogP contribution in [0, 0.1) is 11.6 Å². The summed E-state index contributed by atoms with van der Waals surface area (Å²) in [5.41, 5.74) is -0.425. The highest BCUT2D eigenvalue weighted by atomic mass is 19.1. The molecule has 0 aliphatic heterocycles. The van der Waals surface area contributed by atoms with E-state index in [1.165, 1.54) is 0 Å². The molecule has 2 aromatic rings. The first kappa shape index (κ1) is 14.2. The molecule has 1 heterocycles. The summed E-state index contributed by atoms with van der Waals surface area (Å²) in [6.45, 7) is 5.41. The number of carbonyl (C=O) groups is 1. The maximum absolute atomic E-state index is 13.7. The molecular weight excluding hydrogens is 266 g/mol. The smallest absolute Gasteiger partial charge is 0.356 e. The summed E-state index contributed by atoms with van der Waals surface area (Å²) < 4.78 is 26.9. The molecular formula is C14H14F2N2O2. The number of nitrogens with one attached hydrogen (secondary N) is 1. The molecule has 1 aromatic carbocycles. The lowest BCUT2D eigenvalue weighted by molar-refractivity contribution is 0.0688. The Hall–Kier alpha value is -2.24. The average Bonchev–Trinajstić information content (AvgIpc) is 2.77. The number of imidazole rings is 1. The van der Waals surface area contributed by atoms with Crippen LogP contribution in [0.25, 0.3) is 11.4 Å². The Balaban J connectivity index is 2.65. The van der Waals surface area contributed by atoms with Crippen molar-refractivity contribution >= 4 is 5.97 Å². The van der Waals surface area contributed by atoms with E-state index in [1.54, 1.807) is 20.8 Å². The molecule has 4 nitrogen and oxygen atoms in total. The number of aromatic carboxylic acids is 1. The lowest BCUT2D eigenvalue weighted by atomic mass is 9.91. The normalized spacial score (nSPS) is 11.7. The number of rotatable bonds is 2. The van der Waals surface area contributed by atoms with Gasteiger partial charge < -0.3 is 10.1 Å². The SMILES string of the molecule is CC(C)(C)c1[nH]c(-c2cc(F)ccc2F)nc1C(=O)O. The van der Waals surface area contributed by atoms with Crippen LogP contribution in [-0.4, -0.2) is 21.0 Å². The van der Waals surface area contributed by atoms with Gasteiger partial charge in [-0.25, -0.2) is 18.6 Å². The highest BCUT2D eigenvalue weighted by molar-refractivity contribution is 5.88. The van der Waals surface area contributed by atoms with Crippen molar-refractivity contribution in [2.24, 2.45) is 0 Å². The fraction of sp³-hybridized carbons (Fsp3) is 0.286. The van der Waals surface area contributed by atoms with Crippen molar-refractivity contribution < 1.29 is 18.7 Å². The van der Waals surface area contributed by atoms with Crippen molar-refractivity contribution in [1.29, 1.82) is 0 Å². The Bertz CT molecular complexity index is 672. The second-order valence-electron chi connectivity index (χ2n) is 5.49. The number of carboxylic acids is 1. The summed E-state index contributed by atoms with van der Waals surface area (Å²) in [5, 5.41) is 9.16. The zero-order valence-corrected chi connectivity index (χ0v) is 11.3. The highest BCUT2D eigenvalue weighted by Crippen LogP contribution is 2.29. The number of halogens is 2. The topological polar surface area (TPSA) is 66.0 Å². The minimum atomic E-state index is -1.21. The van der Waals surface area contributed by atoms with Crippen LogP contribution in [0.1, 0.15) is 37.0 Å². The molecule has 0 saturated heterocycles. The second kappa shape index (κ2) is 4.70. The van der Waals surface area contributed by atoms with E-state index in [4.69, 9.17) is 5.11 Å². The van der Waals surface area contributed by atoms with E-state index in [2.05, 4.69) is 9.97 Å². The van der Waals surface area contributed by atoms with Gasteiger partial charge in [-0.3, -0.25) is 0 Å². The van der Waals surface area contributed by atoms with Gasteiger partial charge in [0, 0.05) is 5.41 Å². The molecule has 0 radical (unpaired) electrons. The Morgan fingerprint density at radius 3 is 2.45 bits per heavy atom. The standard InChI is InChI=1S/C14H14F2N2O2/c1-14(2,3)11-10(13(19)20)17-12(18-11)8-6-7(15)4-5-9(8)16/h4-6H,1-3H3,(H,17,18)(H,19,20). The number of H-pyrrole nitrogens is 1. The van der Waals surface area contributed by atoms with Crippen LogP contribution >= 0.6 is 0 Å². The van der Waals surface area contributed by atoms with Crippen molar-refractivity contribution in [3.63, 3.8) is 0 Å².